The van der Waals surface area contributed by atoms with Gasteiger partial charge >= 0.3 is 0 Å². The first-order valence-electron chi connectivity index (χ1n) is 21.0. The molecule has 1 aliphatic rings. The van der Waals surface area contributed by atoms with E-state index in [1.54, 1.807) is 0 Å². The molecule has 1 saturated heterocycles. The van der Waals surface area contributed by atoms with Crippen LogP contribution in [0, 0.1) is 0 Å². The summed E-state index contributed by atoms with van der Waals surface area (Å²) >= 11 is 6.03. The number of benzene rings is 2. The van der Waals surface area contributed by atoms with Crippen LogP contribution in [0.4, 0.5) is 11.8 Å². The van der Waals surface area contributed by atoms with E-state index in [-0.39, 0.29) is 20.9 Å². The molecule has 0 radical (unpaired) electrons. The second kappa shape index (κ2) is 17.9. The van der Waals surface area contributed by atoms with Crippen molar-refractivity contribution in [1.29, 1.82) is 0 Å². The summed E-state index contributed by atoms with van der Waals surface area (Å²) in [5, 5.41) is 3.50. The maximum absolute atomic E-state index is 7.50. The van der Waals surface area contributed by atoms with Crippen LogP contribution in [0.25, 0.3) is 22.3 Å². The van der Waals surface area contributed by atoms with Crippen molar-refractivity contribution in [1.82, 2.24) is 19.5 Å². The molecule has 11 nitrogen and oxygen atoms in total. The molecule has 1 aliphatic heterocycles. The van der Waals surface area contributed by atoms with Gasteiger partial charge in [-0.15, -0.1) is 11.6 Å². The zero-order valence-electron chi connectivity index (χ0n) is 38.3. The van der Waals surface area contributed by atoms with Crippen LogP contribution < -0.4 is 15.8 Å². The van der Waals surface area contributed by atoms with Crippen LogP contribution in [0.3, 0.4) is 0 Å². The molecule has 326 valence electrons. The lowest BCUT2D eigenvalue weighted by molar-refractivity contribution is -0.0461. The fraction of sp³-hybridized carbons (Fsp3) is 0.614. The number of alkyl halides is 1. The molecular formula is C44H71ClN6O5Si3. The minimum atomic E-state index is -2.44. The van der Waals surface area contributed by atoms with E-state index in [0.29, 0.717) is 42.8 Å². The van der Waals surface area contributed by atoms with Gasteiger partial charge in [0.15, 0.2) is 48.2 Å². The third-order valence-corrected chi connectivity index (χ3v) is 26.8. The lowest BCUT2D eigenvalue weighted by Crippen LogP contribution is -2.54. The van der Waals surface area contributed by atoms with Gasteiger partial charge in [-0.05, 0) is 78.0 Å². The molecule has 4 aromatic rings. The van der Waals surface area contributed by atoms with Crippen LogP contribution in [-0.4, -0.2) is 81.9 Å². The number of nitrogen functional groups attached to an aromatic ring is 1. The Bertz CT molecular complexity index is 2030. The van der Waals surface area contributed by atoms with Gasteiger partial charge < -0.3 is 33.8 Å². The lowest BCUT2D eigenvalue weighted by atomic mass is 10.0. The molecule has 2 aromatic heterocycles. The van der Waals surface area contributed by atoms with Crippen molar-refractivity contribution in [3.63, 3.8) is 0 Å². The highest BCUT2D eigenvalue weighted by atomic mass is 35.5. The van der Waals surface area contributed by atoms with Gasteiger partial charge in [0.05, 0.1) is 13.2 Å². The number of anilines is 2. The first-order valence-corrected chi connectivity index (χ1v) is 30.3. The summed E-state index contributed by atoms with van der Waals surface area (Å²) in [4.78, 5) is 14.2. The minimum Gasteiger partial charge on any atom is -0.493 e. The largest absolute Gasteiger partial charge is 0.493 e. The minimum absolute atomic E-state index is 0.0121. The van der Waals surface area contributed by atoms with Crippen LogP contribution in [0.1, 0.15) is 80.5 Å². The molecule has 0 bridgehead atoms. The molecule has 0 spiro atoms. The van der Waals surface area contributed by atoms with Gasteiger partial charge in [0.1, 0.15) is 30.4 Å². The van der Waals surface area contributed by atoms with E-state index in [9.17, 15) is 0 Å². The molecule has 0 unspecified atom stereocenters. The maximum atomic E-state index is 7.50. The van der Waals surface area contributed by atoms with Crippen LogP contribution in [0.5, 0.6) is 5.75 Å². The standard InChI is InChI=1S/C44H71ClN6O5Si3/c1-42(2,3)57(10,11)53-28-34-36(55-58(12,13)43(4,5)6)37(56-59(14,15)44(7,8)9)40(54-34)51-39-35(38(46)48-29-49-39)50-41(51)47-27-30-22-23-32(31-20-17-16-18-21-31)33(26-30)52-25-19-24-45/h16-18,20-23,26,29,34,36-37,40H,19,24-25,27-28H2,1-15H3,(H,47,50)(H2,46,48,49)/t34-,36-,37-,40-/m1/s1. The topological polar surface area (TPSA) is 128 Å². The lowest BCUT2D eigenvalue weighted by Gasteiger charge is -2.44. The summed E-state index contributed by atoms with van der Waals surface area (Å²) in [6.45, 7) is 35.4. The van der Waals surface area contributed by atoms with E-state index in [1.165, 1.54) is 6.33 Å². The zero-order valence-corrected chi connectivity index (χ0v) is 42.1. The number of hydrogen-bond donors (Lipinski definition) is 2. The molecule has 0 amide bonds. The fourth-order valence-electron chi connectivity index (χ4n) is 6.22. The van der Waals surface area contributed by atoms with E-state index in [0.717, 1.165) is 28.9 Å². The number of nitrogens with two attached hydrogens (primary N) is 1. The van der Waals surface area contributed by atoms with Gasteiger partial charge in [0.2, 0.25) is 5.95 Å². The molecule has 4 atom stereocenters. The first-order chi connectivity index (χ1) is 27.3. The van der Waals surface area contributed by atoms with Crippen LogP contribution in [-0.2, 0) is 24.6 Å². The Balaban J connectivity index is 1.63. The number of halogens is 1. The summed E-state index contributed by atoms with van der Waals surface area (Å²) in [6, 6.07) is 16.6. The average molecular weight is 884 g/mol. The number of hydrogen-bond acceptors (Lipinski definition) is 10. The van der Waals surface area contributed by atoms with Crippen molar-refractivity contribution in [3.8, 4) is 16.9 Å². The van der Waals surface area contributed by atoms with Crippen molar-refractivity contribution < 1.29 is 22.8 Å². The molecule has 59 heavy (non-hydrogen) atoms. The number of imidazole rings is 1. The van der Waals surface area contributed by atoms with E-state index in [1.807, 2.05) is 22.8 Å². The Hall–Kier alpha value is -2.83. The molecule has 3 heterocycles. The number of fused-ring (bicyclic) bond motifs is 1. The molecular weight excluding hydrogens is 812 g/mol. The highest BCUT2D eigenvalue weighted by molar-refractivity contribution is 6.75. The monoisotopic (exact) mass is 882 g/mol. The Kier molecular flexibility index (Phi) is 14.3. The van der Waals surface area contributed by atoms with Gasteiger partial charge in [-0.3, -0.25) is 4.57 Å². The number of nitrogens with zero attached hydrogens (tertiary/aromatic N) is 4. The maximum Gasteiger partial charge on any atom is 0.207 e. The summed E-state index contributed by atoms with van der Waals surface area (Å²) < 4.78 is 37.5. The predicted octanol–water partition coefficient (Wildman–Crippen LogP) is 11.4. The first kappa shape index (κ1) is 47.2. The molecule has 3 N–H and O–H groups in total. The van der Waals surface area contributed by atoms with Gasteiger partial charge in [0.25, 0.3) is 0 Å². The average Bonchev–Trinajstić information content (AvgIpc) is 3.66. The molecule has 0 aliphatic carbocycles. The van der Waals surface area contributed by atoms with E-state index in [2.05, 4.69) is 142 Å². The van der Waals surface area contributed by atoms with E-state index in [4.69, 9.17) is 50.1 Å². The Morgan fingerprint density at radius 2 is 1.42 bits per heavy atom. The van der Waals surface area contributed by atoms with Gasteiger partial charge in [-0.1, -0.05) is 105 Å². The molecule has 1 fully saturated rings. The van der Waals surface area contributed by atoms with Crippen LogP contribution in [0.2, 0.25) is 54.4 Å². The highest BCUT2D eigenvalue weighted by Crippen LogP contribution is 2.48. The van der Waals surface area contributed by atoms with Crippen LogP contribution in [0.15, 0.2) is 54.9 Å². The number of rotatable bonds is 16. The normalized spacial score (nSPS) is 19.7. The van der Waals surface area contributed by atoms with E-state index < -0.39 is 49.5 Å². The van der Waals surface area contributed by atoms with Crippen molar-refractivity contribution in [3.05, 3.63) is 60.4 Å². The Labute approximate surface area is 361 Å². The predicted molar refractivity (Wildman–Crippen MR) is 251 cm³/mol. The molecule has 2 aromatic carbocycles. The number of ether oxygens (including phenoxy) is 2. The third-order valence-electron chi connectivity index (χ3n) is 13.1. The number of aromatic nitrogens is 4. The summed E-state index contributed by atoms with van der Waals surface area (Å²) in [7, 11) is -6.99. The zero-order chi connectivity index (χ0) is 43.8. The van der Waals surface area contributed by atoms with Gasteiger partial charge in [-0.2, -0.15) is 0 Å². The summed E-state index contributed by atoms with van der Waals surface area (Å²) in [5.41, 5.74) is 10.7. The van der Waals surface area contributed by atoms with E-state index >= 15 is 0 Å². The Morgan fingerprint density at radius 3 is 2.02 bits per heavy atom. The van der Waals surface area contributed by atoms with Crippen molar-refractivity contribution in [2.24, 2.45) is 0 Å². The molecule has 15 heteroatoms. The Morgan fingerprint density at radius 1 is 0.814 bits per heavy atom. The summed E-state index contributed by atoms with van der Waals surface area (Å²) in [6.07, 6.45) is 0.171. The SMILES string of the molecule is CC(C)(C)[Si](C)(C)OC[C@H]1O[C@@H](n2c(NCc3ccc(-c4ccccc4)c(OCCCCl)c3)nc3c(N)ncnc32)[C@H](O[Si](C)(C)C(C)(C)C)[C@@H]1O[Si](C)(C)C(C)(C)C. The second-order valence-electron chi connectivity index (χ2n) is 20.5. The highest BCUT2D eigenvalue weighted by Gasteiger charge is 2.55. The van der Waals surface area contributed by atoms with Crippen LogP contribution >= 0.6 is 11.6 Å². The quantitative estimate of drug-likeness (QED) is 0.0638. The number of nitrogens with one attached hydrogen (secondary N) is 1. The van der Waals surface area contributed by atoms with Gasteiger partial charge in [0, 0.05) is 18.0 Å². The second-order valence-corrected chi connectivity index (χ2v) is 35.2. The smallest absolute Gasteiger partial charge is 0.207 e. The molecule has 5 rings (SSSR count). The van der Waals surface area contributed by atoms with Crippen molar-refractivity contribution >= 4 is 59.5 Å². The fourth-order valence-corrected chi connectivity index (χ4v) is 9.95. The van der Waals surface area contributed by atoms with Gasteiger partial charge in [-0.25, -0.2) is 15.0 Å². The van der Waals surface area contributed by atoms with Crippen molar-refractivity contribution in [2.75, 3.05) is 30.1 Å². The molecule has 0 saturated carbocycles. The third kappa shape index (κ3) is 10.6. The summed E-state index contributed by atoms with van der Waals surface area (Å²) in [5.74, 6) is 2.14. The van der Waals surface area contributed by atoms with Crippen molar-refractivity contribution in [2.45, 2.75) is 154 Å².